The second-order valence-corrected chi connectivity index (χ2v) is 6.29. The third-order valence-corrected chi connectivity index (χ3v) is 2.88. The first kappa shape index (κ1) is 16.2. The van der Waals surface area contributed by atoms with E-state index < -0.39 is 12.0 Å². The van der Waals surface area contributed by atoms with Crippen LogP contribution in [-0.4, -0.2) is 26.7 Å². The maximum Gasteiger partial charge on any atom is 0.326 e. The van der Waals surface area contributed by atoms with Crippen molar-refractivity contribution >= 4 is 11.8 Å². The fourth-order valence-electron chi connectivity index (χ4n) is 1.90. The van der Waals surface area contributed by atoms with E-state index >= 15 is 0 Å². The number of carboxylic acids is 1. The highest BCUT2D eigenvalue weighted by Gasteiger charge is 2.22. The van der Waals surface area contributed by atoms with Crippen molar-refractivity contribution in [1.82, 2.24) is 9.55 Å². The highest BCUT2D eigenvalue weighted by molar-refractivity contribution is 5.76. The van der Waals surface area contributed by atoms with Gasteiger partial charge in [0.15, 0.2) is 5.82 Å². The molecule has 2 N–H and O–H groups in total. The van der Waals surface area contributed by atoms with Crippen LogP contribution in [0, 0.1) is 5.92 Å². The number of hydrogen-bond donors (Lipinski definition) is 2. The van der Waals surface area contributed by atoms with Gasteiger partial charge in [-0.1, -0.05) is 13.8 Å². The van der Waals surface area contributed by atoms with Crippen molar-refractivity contribution in [3.05, 3.63) is 22.7 Å². The van der Waals surface area contributed by atoms with Crippen molar-refractivity contribution in [3.63, 3.8) is 0 Å². The SMILES string of the molecule is CC(C)CC(Nc1nccn(C(C)(C)C)c1=O)C(=O)O. The molecule has 1 aromatic rings. The Morgan fingerprint density at radius 3 is 2.50 bits per heavy atom. The van der Waals surface area contributed by atoms with E-state index in [1.807, 2.05) is 34.6 Å². The molecule has 20 heavy (non-hydrogen) atoms. The van der Waals surface area contributed by atoms with Crippen molar-refractivity contribution in [2.24, 2.45) is 5.92 Å². The fraction of sp³-hybridized carbons (Fsp3) is 0.643. The molecule has 1 rings (SSSR count). The molecule has 6 nitrogen and oxygen atoms in total. The molecule has 0 aliphatic rings. The van der Waals surface area contributed by atoms with E-state index in [1.165, 1.54) is 10.8 Å². The zero-order valence-corrected chi connectivity index (χ0v) is 12.7. The first-order valence-electron chi connectivity index (χ1n) is 6.70. The van der Waals surface area contributed by atoms with Crippen LogP contribution in [0.5, 0.6) is 0 Å². The molecule has 0 bridgehead atoms. The van der Waals surface area contributed by atoms with Gasteiger partial charge in [-0.25, -0.2) is 9.78 Å². The van der Waals surface area contributed by atoms with E-state index in [0.29, 0.717) is 6.42 Å². The van der Waals surface area contributed by atoms with Gasteiger partial charge >= 0.3 is 5.97 Å². The lowest BCUT2D eigenvalue weighted by Gasteiger charge is -2.23. The highest BCUT2D eigenvalue weighted by Crippen LogP contribution is 2.12. The van der Waals surface area contributed by atoms with E-state index in [-0.39, 0.29) is 22.8 Å². The summed E-state index contributed by atoms with van der Waals surface area (Å²) in [6.45, 7) is 9.58. The van der Waals surface area contributed by atoms with Crippen LogP contribution in [0.4, 0.5) is 5.82 Å². The van der Waals surface area contributed by atoms with E-state index in [9.17, 15) is 14.7 Å². The maximum atomic E-state index is 12.3. The molecule has 1 aromatic heterocycles. The predicted molar refractivity (Wildman–Crippen MR) is 78.0 cm³/mol. The van der Waals surface area contributed by atoms with Gasteiger partial charge in [0.2, 0.25) is 0 Å². The van der Waals surface area contributed by atoms with Crippen LogP contribution in [0.1, 0.15) is 41.0 Å². The molecule has 0 saturated carbocycles. The summed E-state index contributed by atoms with van der Waals surface area (Å²) in [6.07, 6.45) is 3.54. The Bertz CT molecular complexity index is 529. The lowest BCUT2D eigenvalue weighted by Crippen LogP contribution is -2.38. The van der Waals surface area contributed by atoms with Crippen LogP contribution < -0.4 is 10.9 Å². The normalized spacial score (nSPS) is 13.3. The summed E-state index contributed by atoms with van der Waals surface area (Å²) in [5.41, 5.74) is -0.692. The number of hydrogen-bond acceptors (Lipinski definition) is 4. The number of aromatic nitrogens is 2. The summed E-state index contributed by atoms with van der Waals surface area (Å²) < 4.78 is 1.54. The Labute approximate surface area is 118 Å². The van der Waals surface area contributed by atoms with Crippen molar-refractivity contribution in [1.29, 1.82) is 0 Å². The molecule has 0 spiro atoms. The largest absolute Gasteiger partial charge is 0.480 e. The number of rotatable bonds is 5. The standard InChI is InChI=1S/C14H23N3O3/c1-9(2)8-10(13(19)20)16-11-12(18)17(7-6-15-11)14(3,4)5/h6-7,9-10H,8H2,1-5H3,(H,15,16)(H,19,20). The van der Waals surface area contributed by atoms with E-state index in [0.717, 1.165) is 0 Å². The molecule has 0 saturated heterocycles. The van der Waals surface area contributed by atoms with Crippen LogP contribution in [0.2, 0.25) is 0 Å². The third-order valence-electron chi connectivity index (χ3n) is 2.88. The zero-order valence-electron chi connectivity index (χ0n) is 12.7. The van der Waals surface area contributed by atoms with Gasteiger partial charge in [-0.15, -0.1) is 0 Å². The summed E-state index contributed by atoms with van der Waals surface area (Å²) in [5.74, 6) is -0.696. The van der Waals surface area contributed by atoms with Crippen molar-refractivity contribution in [2.45, 2.75) is 52.6 Å². The van der Waals surface area contributed by atoms with Gasteiger partial charge in [-0.05, 0) is 33.1 Å². The monoisotopic (exact) mass is 281 g/mol. The Morgan fingerprint density at radius 2 is 2.05 bits per heavy atom. The van der Waals surface area contributed by atoms with Gasteiger partial charge in [-0.3, -0.25) is 4.79 Å². The molecule has 6 heteroatoms. The molecule has 1 atom stereocenters. The van der Waals surface area contributed by atoms with Gasteiger partial charge in [0, 0.05) is 17.9 Å². The smallest absolute Gasteiger partial charge is 0.326 e. The van der Waals surface area contributed by atoms with Crippen LogP contribution in [0.3, 0.4) is 0 Å². The Kier molecular flexibility index (Phi) is 4.92. The quantitative estimate of drug-likeness (QED) is 0.861. The summed E-state index contributed by atoms with van der Waals surface area (Å²) in [7, 11) is 0. The van der Waals surface area contributed by atoms with Gasteiger partial charge in [0.05, 0.1) is 0 Å². The number of carbonyl (C=O) groups is 1. The molecule has 112 valence electrons. The Balaban J connectivity index is 3.09. The van der Waals surface area contributed by atoms with Crippen molar-refractivity contribution < 1.29 is 9.90 Å². The molecule has 1 heterocycles. The van der Waals surface area contributed by atoms with Gasteiger partial charge in [0.1, 0.15) is 6.04 Å². The molecule has 0 amide bonds. The number of anilines is 1. The van der Waals surface area contributed by atoms with Gasteiger partial charge in [0.25, 0.3) is 5.56 Å². The maximum absolute atomic E-state index is 12.3. The van der Waals surface area contributed by atoms with Crippen LogP contribution in [0.15, 0.2) is 17.2 Å². The minimum Gasteiger partial charge on any atom is -0.480 e. The number of aliphatic carboxylic acids is 1. The lowest BCUT2D eigenvalue weighted by molar-refractivity contribution is -0.138. The van der Waals surface area contributed by atoms with E-state index in [2.05, 4.69) is 10.3 Å². The summed E-state index contributed by atoms with van der Waals surface area (Å²) in [6, 6.07) is -0.814. The second kappa shape index (κ2) is 6.07. The molecule has 0 fully saturated rings. The topological polar surface area (TPSA) is 84.2 Å². The average molecular weight is 281 g/mol. The minimum absolute atomic E-state index is 0.0791. The summed E-state index contributed by atoms with van der Waals surface area (Å²) in [4.78, 5) is 27.5. The summed E-state index contributed by atoms with van der Waals surface area (Å²) in [5, 5.41) is 12.0. The molecular weight excluding hydrogens is 258 g/mol. The predicted octanol–water partition coefficient (Wildman–Crippen LogP) is 1.91. The lowest BCUT2D eigenvalue weighted by atomic mass is 10.0. The van der Waals surface area contributed by atoms with Crippen LogP contribution >= 0.6 is 0 Å². The Morgan fingerprint density at radius 1 is 1.45 bits per heavy atom. The van der Waals surface area contributed by atoms with Crippen molar-refractivity contribution in [3.8, 4) is 0 Å². The molecule has 1 unspecified atom stereocenters. The third kappa shape index (κ3) is 4.08. The Hall–Kier alpha value is -1.85. The minimum atomic E-state index is -0.980. The van der Waals surface area contributed by atoms with Crippen LogP contribution in [-0.2, 0) is 10.3 Å². The first-order valence-corrected chi connectivity index (χ1v) is 6.70. The number of carboxylic acid groups (broad SMARTS) is 1. The fourth-order valence-corrected chi connectivity index (χ4v) is 1.90. The zero-order chi connectivity index (χ0) is 15.5. The average Bonchev–Trinajstić information content (AvgIpc) is 2.28. The summed E-state index contributed by atoms with van der Waals surface area (Å²) >= 11 is 0. The second-order valence-electron chi connectivity index (χ2n) is 6.29. The van der Waals surface area contributed by atoms with E-state index in [4.69, 9.17) is 0 Å². The molecule has 0 aliphatic carbocycles. The number of nitrogens with one attached hydrogen (secondary N) is 1. The molecule has 0 aliphatic heterocycles. The van der Waals surface area contributed by atoms with E-state index in [1.54, 1.807) is 6.20 Å². The molecule has 0 radical (unpaired) electrons. The van der Waals surface area contributed by atoms with Crippen molar-refractivity contribution in [2.75, 3.05) is 5.32 Å². The van der Waals surface area contributed by atoms with Gasteiger partial charge in [-0.2, -0.15) is 0 Å². The highest BCUT2D eigenvalue weighted by atomic mass is 16.4. The van der Waals surface area contributed by atoms with Gasteiger partial charge < -0.3 is 15.0 Å². The number of nitrogens with zero attached hydrogens (tertiary/aromatic N) is 2. The first-order chi connectivity index (χ1) is 9.12. The molecule has 0 aromatic carbocycles. The molecular formula is C14H23N3O3. The van der Waals surface area contributed by atoms with Crippen LogP contribution in [0.25, 0.3) is 0 Å².